The Kier molecular flexibility index (Phi) is 8.07. The molecular formula is C27H30ClNO3S. The first-order chi connectivity index (χ1) is 15.8. The lowest BCUT2D eigenvalue weighted by Gasteiger charge is -2.34. The Hall–Kier alpha value is -2.34. The van der Waals surface area contributed by atoms with E-state index in [0.717, 1.165) is 35.1 Å². The number of aromatic hydroxyl groups is 1. The Morgan fingerprint density at radius 3 is 2.42 bits per heavy atom. The third-order valence-electron chi connectivity index (χ3n) is 6.17. The summed E-state index contributed by atoms with van der Waals surface area (Å²) in [7, 11) is 0. The molecule has 6 heteroatoms. The second kappa shape index (κ2) is 11.2. The Bertz CT molecular complexity index is 1030. The van der Waals surface area contributed by atoms with Crippen molar-refractivity contribution in [3.8, 4) is 17.2 Å². The molecule has 2 aliphatic heterocycles. The Morgan fingerprint density at radius 1 is 0.909 bits per heavy atom. The van der Waals surface area contributed by atoms with E-state index in [1.165, 1.54) is 37.9 Å². The minimum Gasteiger partial charge on any atom is -0.508 e. The zero-order valence-corrected chi connectivity index (χ0v) is 20.2. The monoisotopic (exact) mass is 483 g/mol. The number of benzene rings is 3. The average molecular weight is 484 g/mol. The number of thioether (sulfide) groups is 1. The molecule has 0 radical (unpaired) electrons. The lowest BCUT2D eigenvalue weighted by atomic mass is 10.00. The molecule has 4 nitrogen and oxygen atoms in total. The standard InChI is InChI=1S/C27H29NO3S.ClH/c29-22-11-14-24-25(19-22)32-27(21-7-3-1-4-8-21)26(31-24)20-9-12-23(13-10-20)30-18-17-28-15-5-2-6-16-28;/h1,3-4,7-14,19,26-27,29H,2,5-6,15-18H2;1H. The van der Waals surface area contributed by atoms with Gasteiger partial charge in [-0.25, -0.2) is 0 Å². The van der Waals surface area contributed by atoms with Gasteiger partial charge >= 0.3 is 0 Å². The fourth-order valence-electron chi connectivity index (χ4n) is 4.44. The average Bonchev–Trinajstić information content (AvgIpc) is 2.85. The molecular weight excluding hydrogens is 454 g/mol. The summed E-state index contributed by atoms with van der Waals surface area (Å²) in [5, 5.41) is 10.0. The van der Waals surface area contributed by atoms with Crippen molar-refractivity contribution in [2.75, 3.05) is 26.2 Å². The van der Waals surface area contributed by atoms with Crippen molar-refractivity contribution in [1.82, 2.24) is 4.90 Å². The van der Waals surface area contributed by atoms with Crippen LogP contribution in [0.2, 0.25) is 0 Å². The molecule has 2 unspecified atom stereocenters. The number of rotatable bonds is 6. The van der Waals surface area contributed by atoms with Crippen LogP contribution in [0.25, 0.3) is 0 Å². The topological polar surface area (TPSA) is 41.9 Å². The summed E-state index contributed by atoms with van der Waals surface area (Å²) in [4.78, 5) is 3.46. The maximum atomic E-state index is 9.93. The highest BCUT2D eigenvalue weighted by molar-refractivity contribution is 7.99. The first-order valence-electron chi connectivity index (χ1n) is 11.4. The van der Waals surface area contributed by atoms with E-state index in [1.54, 1.807) is 23.9 Å². The summed E-state index contributed by atoms with van der Waals surface area (Å²) in [5.41, 5.74) is 2.33. The predicted octanol–water partition coefficient (Wildman–Crippen LogP) is 6.65. The van der Waals surface area contributed by atoms with E-state index in [2.05, 4.69) is 41.3 Å². The zero-order chi connectivity index (χ0) is 21.8. The van der Waals surface area contributed by atoms with E-state index < -0.39 is 0 Å². The normalized spacial score (nSPS) is 20.2. The highest BCUT2D eigenvalue weighted by atomic mass is 35.5. The van der Waals surface area contributed by atoms with Crippen molar-refractivity contribution in [2.45, 2.75) is 35.5 Å². The van der Waals surface area contributed by atoms with Crippen molar-refractivity contribution in [2.24, 2.45) is 0 Å². The number of ether oxygens (including phenoxy) is 2. The number of hydrogen-bond acceptors (Lipinski definition) is 5. The van der Waals surface area contributed by atoms with Gasteiger partial charge in [-0.05, 0) is 67.4 Å². The molecule has 1 N–H and O–H groups in total. The van der Waals surface area contributed by atoms with E-state index in [-0.39, 0.29) is 29.5 Å². The van der Waals surface area contributed by atoms with Gasteiger partial charge in [0.05, 0.1) is 10.1 Å². The molecule has 33 heavy (non-hydrogen) atoms. The molecule has 0 aliphatic carbocycles. The Morgan fingerprint density at radius 2 is 1.67 bits per heavy atom. The maximum Gasteiger partial charge on any atom is 0.140 e. The summed E-state index contributed by atoms with van der Waals surface area (Å²) < 4.78 is 12.5. The summed E-state index contributed by atoms with van der Waals surface area (Å²) in [6.45, 7) is 4.10. The third kappa shape index (κ3) is 5.78. The minimum atomic E-state index is -0.123. The number of likely N-dealkylation sites (tertiary alicyclic amines) is 1. The van der Waals surface area contributed by atoms with E-state index in [4.69, 9.17) is 9.47 Å². The second-order valence-electron chi connectivity index (χ2n) is 8.44. The van der Waals surface area contributed by atoms with E-state index in [1.807, 2.05) is 24.3 Å². The third-order valence-corrected chi connectivity index (χ3v) is 7.52. The molecule has 174 valence electrons. The summed E-state index contributed by atoms with van der Waals surface area (Å²) >= 11 is 1.74. The summed E-state index contributed by atoms with van der Waals surface area (Å²) in [6, 6.07) is 24.1. The van der Waals surface area contributed by atoms with Crippen molar-refractivity contribution >= 4 is 24.2 Å². The molecule has 2 heterocycles. The number of halogens is 1. The van der Waals surface area contributed by atoms with Gasteiger partial charge in [0.25, 0.3) is 0 Å². The van der Waals surface area contributed by atoms with Crippen LogP contribution in [-0.4, -0.2) is 36.2 Å². The van der Waals surface area contributed by atoms with E-state index >= 15 is 0 Å². The number of phenolic OH excluding ortho intramolecular Hbond substituents is 1. The number of nitrogens with zero attached hydrogens (tertiary/aromatic N) is 1. The maximum absolute atomic E-state index is 9.93. The van der Waals surface area contributed by atoms with E-state index in [0.29, 0.717) is 0 Å². The molecule has 0 spiro atoms. The molecule has 0 amide bonds. The summed E-state index contributed by atoms with van der Waals surface area (Å²) in [5.74, 6) is 1.97. The van der Waals surface area contributed by atoms with Gasteiger partial charge in [0, 0.05) is 6.54 Å². The van der Waals surface area contributed by atoms with Gasteiger partial charge in [0.15, 0.2) is 0 Å². The molecule has 3 aromatic rings. The predicted molar refractivity (Wildman–Crippen MR) is 136 cm³/mol. The van der Waals surface area contributed by atoms with Crippen molar-refractivity contribution in [3.05, 3.63) is 83.9 Å². The lowest BCUT2D eigenvalue weighted by molar-refractivity contribution is 0.182. The van der Waals surface area contributed by atoms with Gasteiger partial charge in [-0.15, -0.1) is 24.2 Å². The van der Waals surface area contributed by atoms with Crippen LogP contribution in [0, 0.1) is 0 Å². The van der Waals surface area contributed by atoms with Gasteiger partial charge in [-0.3, -0.25) is 4.90 Å². The zero-order valence-electron chi connectivity index (χ0n) is 18.6. The molecule has 1 fully saturated rings. The van der Waals surface area contributed by atoms with Crippen LogP contribution in [0.1, 0.15) is 41.7 Å². The molecule has 3 aromatic carbocycles. The van der Waals surface area contributed by atoms with Crippen molar-refractivity contribution in [1.29, 1.82) is 0 Å². The van der Waals surface area contributed by atoms with Crippen LogP contribution >= 0.6 is 24.2 Å². The first-order valence-corrected chi connectivity index (χ1v) is 12.3. The van der Waals surface area contributed by atoms with Gasteiger partial charge in [0.2, 0.25) is 0 Å². The van der Waals surface area contributed by atoms with Gasteiger partial charge in [-0.1, -0.05) is 48.9 Å². The van der Waals surface area contributed by atoms with Gasteiger partial charge in [-0.2, -0.15) is 0 Å². The summed E-state index contributed by atoms with van der Waals surface area (Å²) in [6.07, 6.45) is 3.84. The highest BCUT2D eigenvalue weighted by Gasteiger charge is 2.33. The first kappa shape index (κ1) is 23.8. The molecule has 2 atom stereocenters. The van der Waals surface area contributed by atoms with E-state index in [9.17, 15) is 5.11 Å². The van der Waals surface area contributed by atoms with Crippen molar-refractivity contribution in [3.63, 3.8) is 0 Å². The molecule has 0 saturated carbocycles. The fraction of sp³-hybridized carbons (Fsp3) is 0.333. The molecule has 2 aliphatic rings. The lowest BCUT2D eigenvalue weighted by Crippen LogP contribution is -2.33. The molecule has 0 bridgehead atoms. The number of phenols is 1. The van der Waals surface area contributed by atoms with Crippen LogP contribution in [0.4, 0.5) is 0 Å². The number of piperidine rings is 1. The van der Waals surface area contributed by atoms with Crippen molar-refractivity contribution < 1.29 is 14.6 Å². The molecule has 5 rings (SSSR count). The molecule has 0 aromatic heterocycles. The number of hydrogen-bond donors (Lipinski definition) is 1. The van der Waals surface area contributed by atoms with Gasteiger partial charge < -0.3 is 14.6 Å². The fourth-order valence-corrected chi connectivity index (χ4v) is 5.77. The van der Waals surface area contributed by atoms with Crippen LogP contribution < -0.4 is 9.47 Å². The highest BCUT2D eigenvalue weighted by Crippen LogP contribution is 2.53. The molecule has 1 saturated heterocycles. The van der Waals surface area contributed by atoms with Crippen LogP contribution in [0.15, 0.2) is 77.7 Å². The number of fused-ring (bicyclic) bond motifs is 1. The van der Waals surface area contributed by atoms with Crippen LogP contribution in [0.5, 0.6) is 17.2 Å². The Balaban J connectivity index is 0.00000259. The minimum absolute atomic E-state index is 0. The van der Waals surface area contributed by atoms with Crippen LogP contribution in [0.3, 0.4) is 0 Å². The SMILES string of the molecule is Cl.Oc1ccc2c(c1)SC(c1ccccc1)C(c1ccc(OCCN3CCCCC3)cc1)O2. The van der Waals surface area contributed by atoms with Gasteiger partial charge in [0.1, 0.15) is 30.0 Å². The van der Waals surface area contributed by atoms with Crippen LogP contribution in [-0.2, 0) is 0 Å². The Labute approximate surface area is 206 Å². The second-order valence-corrected chi connectivity index (χ2v) is 9.62. The quantitative estimate of drug-likeness (QED) is 0.425. The smallest absolute Gasteiger partial charge is 0.140 e. The largest absolute Gasteiger partial charge is 0.508 e.